The second-order valence-electron chi connectivity index (χ2n) is 6.67. The van der Waals surface area contributed by atoms with Gasteiger partial charge in [-0.25, -0.2) is 13.2 Å². The van der Waals surface area contributed by atoms with E-state index in [0.717, 1.165) is 6.07 Å². The summed E-state index contributed by atoms with van der Waals surface area (Å²) in [6.07, 6.45) is 0. The van der Waals surface area contributed by atoms with Crippen LogP contribution >= 0.6 is 0 Å². The zero-order valence-electron chi connectivity index (χ0n) is 15.3. The van der Waals surface area contributed by atoms with E-state index < -0.39 is 35.0 Å². The molecule has 1 aliphatic heterocycles. The fourth-order valence-electron chi connectivity index (χ4n) is 3.05. The molecular weight excluding hydrogens is 371 g/mol. The third kappa shape index (κ3) is 4.17. The van der Waals surface area contributed by atoms with Gasteiger partial charge in [0.15, 0.2) is 17.5 Å². The first kappa shape index (κ1) is 19.9. The van der Waals surface area contributed by atoms with E-state index in [-0.39, 0.29) is 5.91 Å². The molecule has 0 aliphatic carbocycles. The van der Waals surface area contributed by atoms with E-state index in [0.29, 0.717) is 37.8 Å². The maximum Gasteiger partial charge on any atom is 0.255 e. The molecule has 2 aromatic rings. The Kier molecular flexibility index (Phi) is 5.99. The third-order valence-electron chi connectivity index (χ3n) is 4.75. The normalized spacial score (nSPS) is 15.9. The highest BCUT2D eigenvalue weighted by Gasteiger charge is 2.30. The van der Waals surface area contributed by atoms with Gasteiger partial charge < -0.3 is 15.1 Å². The summed E-state index contributed by atoms with van der Waals surface area (Å²) in [4.78, 5) is 29.3. The van der Waals surface area contributed by atoms with Gasteiger partial charge in [0, 0.05) is 26.2 Å². The SMILES string of the molecule is CN1CCN(C(=O)[C@@H](NC(=O)c2ccc(F)c(F)c2F)c2ccccc2)CC1. The summed E-state index contributed by atoms with van der Waals surface area (Å²) in [6, 6.07) is 8.98. The molecule has 28 heavy (non-hydrogen) atoms. The molecule has 5 nitrogen and oxygen atoms in total. The number of halogens is 3. The molecule has 0 saturated carbocycles. The van der Waals surface area contributed by atoms with Gasteiger partial charge in [-0.15, -0.1) is 0 Å². The van der Waals surface area contributed by atoms with Crippen LogP contribution in [0.5, 0.6) is 0 Å². The van der Waals surface area contributed by atoms with Gasteiger partial charge in [-0.3, -0.25) is 9.59 Å². The quantitative estimate of drug-likeness (QED) is 0.815. The highest BCUT2D eigenvalue weighted by molar-refractivity contribution is 5.98. The van der Waals surface area contributed by atoms with Crippen molar-refractivity contribution in [3.8, 4) is 0 Å². The predicted octanol–water partition coefficient (Wildman–Crippen LogP) is 2.35. The van der Waals surface area contributed by atoms with E-state index in [1.165, 1.54) is 0 Å². The molecule has 3 rings (SSSR count). The number of carbonyl (C=O) groups excluding carboxylic acids is 2. The zero-order chi connectivity index (χ0) is 20.3. The Labute approximate surface area is 160 Å². The number of nitrogens with zero attached hydrogens (tertiary/aromatic N) is 2. The van der Waals surface area contributed by atoms with Gasteiger partial charge in [-0.2, -0.15) is 0 Å². The first-order valence-electron chi connectivity index (χ1n) is 8.85. The fraction of sp³-hybridized carbons (Fsp3) is 0.300. The maximum atomic E-state index is 14.0. The summed E-state index contributed by atoms with van der Waals surface area (Å²) in [5, 5.41) is 2.47. The van der Waals surface area contributed by atoms with Crippen LogP contribution < -0.4 is 5.32 Å². The largest absolute Gasteiger partial charge is 0.338 e. The van der Waals surface area contributed by atoms with E-state index in [1.807, 2.05) is 7.05 Å². The second-order valence-corrected chi connectivity index (χ2v) is 6.67. The van der Waals surface area contributed by atoms with Crippen molar-refractivity contribution in [2.45, 2.75) is 6.04 Å². The summed E-state index contributed by atoms with van der Waals surface area (Å²) in [7, 11) is 1.95. The van der Waals surface area contributed by atoms with E-state index in [4.69, 9.17) is 0 Å². The lowest BCUT2D eigenvalue weighted by molar-refractivity contribution is -0.135. The third-order valence-corrected chi connectivity index (χ3v) is 4.75. The standard InChI is InChI=1S/C20H20F3N3O2/c1-25-9-11-26(12-10-25)20(28)18(13-5-3-2-4-6-13)24-19(27)14-7-8-15(21)17(23)16(14)22/h2-8,18H,9-12H2,1H3,(H,24,27)/t18-/m0/s1. The second kappa shape index (κ2) is 8.43. The Balaban J connectivity index is 1.87. The number of nitrogens with one attached hydrogen (secondary N) is 1. The van der Waals surface area contributed by atoms with Crippen molar-refractivity contribution in [1.29, 1.82) is 0 Å². The highest BCUT2D eigenvalue weighted by atomic mass is 19.2. The van der Waals surface area contributed by atoms with Crippen LogP contribution in [0.15, 0.2) is 42.5 Å². The van der Waals surface area contributed by atoms with Gasteiger partial charge in [0.2, 0.25) is 5.91 Å². The van der Waals surface area contributed by atoms with Crippen molar-refractivity contribution < 1.29 is 22.8 Å². The number of hydrogen-bond acceptors (Lipinski definition) is 3. The molecule has 1 N–H and O–H groups in total. The molecule has 0 radical (unpaired) electrons. The van der Waals surface area contributed by atoms with Crippen LogP contribution in [0.3, 0.4) is 0 Å². The molecule has 0 aromatic heterocycles. The predicted molar refractivity (Wildman–Crippen MR) is 97.0 cm³/mol. The van der Waals surface area contributed by atoms with Crippen LogP contribution in [0.25, 0.3) is 0 Å². The minimum atomic E-state index is -1.73. The minimum absolute atomic E-state index is 0.337. The maximum absolute atomic E-state index is 14.0. The number of rotatable bonds is 4. The minimum Gasteiger partial charge on any atom is -0.338 e. The van der Waals surface area contributed by atoms with Crippen LogP contribution in [0.1, 0.15) is 22.0 Å². The first-order valence-corrected chi connectivity index (χ1v) is 8.85. The van der Waals surface area contributed by atoms with Gasteiger partial charge in [-0.05, 0) is 24.7 Å². The summed E-state index contributed by atoms with van der Waals surface area (Å²) < 4.78 is 40.6. The van der Waals surface area contributed by atoms with E-state index in [1.54, 1.807) is 35.2 Å². The number of carbonyl (C=O) groups is 2. The lowest BCUT2D eigenvalue weighted by atomic mass is 10.0. The highest BCUT2D eigenvalue weighted by Crippen LogP contribution is 2.20. The lowest BCUT2D eigenvalue weighted by Crippen LogP contribution is -2.51. The first-order chi connectivity index (χ1) is 13.4. The van der Waals surface area contributed by atoms with Crippen molar-refractivity contribution in [2.24, 2.45) is 0 Å². The molecule has 8 heteroatoms. The topological polar surface area (TPSA) is 52.6 Å². The Morgan fingerprint density at radius 2 is 1.57 bits per heavy atom. The molecule has 1 aliphatic rings. The molecule has 148 valence electrons. The van der Waals surface area contributed by atoms with E-state index in [2.05, 4.69) is 10.2 Å². The Bertz CT molecular complexity index is 868. The van der Waals surface area contributed by atoms with Crippen molar-refractivity contribution >= 4 is 11.8 Å². The smallest absolute Gasteiger partial charge is 0.255 e. The average molecular weight is 391 g/mol. The van der Waals surface area contributed by atoms with E-state index >= 15 is 0 Å². The van der Waals surface area contributed by atoms with Crippen molar-refractivity contribution in [3.05, 3.63) is 71.0 Å². The number of benzene rings is 2. The van der Waals surface area contributed by atoms with Gasteiger partial charge >= 0.3 is 0 Å². The molecule has 1 heterocycles. The zero-order valence-corrected chi connectivity index (χ0v) is 15.3. The molecule has 0 unspecified atom stereocenters. The van der Waals surface area contributed by atoms with Gasteiger partial charge in [0.25, 0.3) is 5.91 Å². The molecule has 1 atom stereocenters. The Morgan fingerprint density at radius 3 is 2.21 bits per heavy atom. The Hall–Kier alpha value is -2.87. The summed E-state index contributed by atoms with van der Waals surface area (Å²) in [6.45, 7) is 2.38. The number of piperazine rings is 1. The summed E-state index contributed by atoms with van der Waals surface area (Å²) in [5.74, 6) is -6.03. The molecule has 1 saturated heterocycles. The molecule has 1 fully saturated rings. The van der Waals surface area contributed by atoms with Crippen LogP contribution in [0.4, 0.5) is 13.2 Å². The van der Waals surface area contributed by atoms with Crippen LogP contribution in [0.2, 0.25) is 0 Å². The number of hydrogen-bond donors (Lipinski definition) is 1. The molecule has 0 bridgehead atoms. The van der Waals surface area contributed by atoms with Gasteiger partial charge in [-0.1, -0.05) is 30.3 Å². The Morgan fingerprint density at radius 1 is 0.929 bits per heavy atom. The van der Waals surface area contributed by atoms with Crippen molar-refractivity contribution in [3.63, 3.8) is 0 Å². The van der Waals surface area contributed by atoms with Crippen molar-refractivity contribution in [1.82, 2.24) is 15.1 Å². The molecular formula is C20H20F3N3O2. The monoisotopic (exact) mass is 391 g/mol. The van der Waals surface area contributed by atoms with Crippen LogP contribution in [-0.2, 0) is 4.79 Å². The van der Waals surface area contributed by atoms with E-state index in [9.17, 15) is 22.8 Å². The molecule has 0 spiro atoms. The molecule has 2 aromatic carbocycles. The van der Waals surface area contributed by atoms with Gasteiger partial charge in [0.1, 0.15) is 6.04 Å². The number of amides is 2. The van der Waals surface area contributed by atoms with Crippen LogP contribution in [0, 0.1) is 17.5 Å². The lowest BCUT2D eigenvalue weighted by Gasteiger charge is -2.35. The van der Waals surface area contributed by atoms with Crippen LogP contribution in [-0.4, -0.2) is 54.8 Å². The van der Waals surface area contributed by atoms with Gasteiger partial charge in [0.05, 0.1) is 5.56 Å². The number of likely N-dealkylation sites (N-methyl/N-ethyl adjacent to an activating group) is 1. The summed E-state index contributed by atoms with van der Waals surface area (Å²) in [5.41, 5.74) is -0.145. The summed E-state index contributed by atoms with van der Waals surface area (Å²) >= 11 is 0. The van der Waals surface area contributed by atoms with Crippen molar-refractivity contribution in [2.75, 3.05) is 33.2 Å². The fourth-order valence-corrected chi connectivity index (χ4v) is 3.05. The molecule has 2 amide bonds. The average Bonchev–Trinajstić information content (AvgIpc) is 2.71.